The third-order valence-corrected chi connectivity index (χ3v) is 3.98. The van der Waals surface area contributed by atoms with Crippen molar-refractivity contribution in [3.8, 4) is 0 Å². The van der Waals surface area contributed by atoms with Gasteiger partial charge in [-0.15, -0.1) is 0 Å². The van der Waals surface area contributed by atoms with Crippen molar-refractivity contribution in [1.29, 1.82) is 0 Å². The van der Waals surface area contributed by atoms with Crippen LogP contribution in [0.3, 0.4) is 0 Å². The monoisotopic (exact) mass is 258 g/mol. The second-order valence-corrected chi connectivity index (χ2v) is 5.52. The minimum Gasteiger partial charge on any atom is -0.310 e. The Morgan fingerprint density at radius 2 is 1.95 bits per heavy atom. The number of rotatable bonds is 6. The van der Waals surface area contributed by atoms with Crippen LogP contribution >= 0.6 is 0 Å². The van der Waals surface area contributed by atoms with Crippen LogP contribution in [0, 0.1) is 0 Å². The molecule has 1 aliphatic heterocycles. The van der Waals surface area contributed by atoms with Crippen LogP contribution in [-0.4, -0.2) is 30.6 Å². The normalized spacial score (nSPS) is 17.5. The van der Waals surface area contributed by atoms with E-state index in [0.29, 0.717) is 6.04 Å². The Bertz CT molecular complexity index is 378. The van der Waals surface area contributed by atoms with Crippen LogP contribution in [0.4, 0.5) is 0 Å². The first-order valence-corrected chi connectivity index (χ1v) is 7.44. The van der Waals surface area contributed by atoms with E-state index in [1.807, 2.05) is 0 Å². The molecule has 0 aromatic heterocycles. The molecular weight excluding hydrogens is 232 g/mol. The van der Waals surface area contributed by atoms with Gasteiger partial charge in [-0.1, -0.05) is 49.4 Å². The van der Waals surface area contributed by atoms with Gasteiger partial charge in [-0.3, -0.25) is 4.90 Å². The SMILES string of the molecule is C=C(CC)CNC1CCN(Cc2ccccc2)CC1. The zero-order valence-corrected chi connectivity index (χ0v) is 12.1. The van der Waals surface area contributed by atoms with Gasteiger partial charge in [-0.25, -0.2) is 0 Å². The summed E-state index contributed by atoms with van der Waals surface area (Å²) in [4.78, 5) is 2.56. The van der Waals surface area contributed by atoms with Crippen LogP contribution in [0.25, 0.3) is 0 Å². The first kappa shape index (κ1) is 14.3. The fourth-order valence-corrected chi connectivity index (χ4v) is 2.55. The van der Waals surface area contributed by atoms with Gasteiger partial charge in [0.2, 0.25) is 0 Å². The Balaban J connectivity index is 1.69. The molecule has 1 fully saturated rings. The minimum atomic E-state index is 0.676. The second kappa shape index (κ2) is 7.46. The lowest BCUT2D eigenvalue weighted by Gasteiger charge is -2.32. The largest absolute Gasteiger partial charge is 0.310 e. The molecule has 0 bridgehead atoms. The summed E-state index contributed by atoms with van der Waals surface area (Å²) in [6.07, 6.45) is 3.59. The van der Waals surface area contributed by atoms with E-state index in [1.54, 1.807) is 0 Å². The highest BCUT2D eigenvalue weighted by atomic mass is 15.1. The summed E-state index contributed by atoms with van der Waals surface area (Å²) in [5, 5.41) is 3.63. The smallest absolute Gasteiger partial charge is 0.0233 e. The van der Waals surface area contributed by atoms with Gasteiger partial charge in [0.25, 0.3) is 0 Å². The van der Waals surface area contributed by atoms with Gasteiger partial charge in [0, 0.05) is 19.1 Å². The van der Waals surface area contributed by atoms with Crippen LogP contribution in [0.5, 0.6) is 0 Å². The van der Waals surface area contributed by atoms with Gasteiger partial charge in [-0.05, 0) is 37.9 Å². The van der Waals surface area contributed by atoms with Crippen molar-refractivity contribution in [1.82, 2.24) is 10.2 Å². The molecule has 0 unspecified atom stereocenters. The fourth-order valence-electron chi connectivity index (χ4n) is 2.55. The molecule has 2 nitrogen and oxygen atoms in total. The standard InChI is InChI=1S/C17H26N2/c1-3-15(2)13-18-17-9-11-19(12-10-17)14-16-7-5-4-6-8-16/h4-8,17-18H,2-3,9-14H2,1H3. The molecule has 0 spiro atoms. The molecule has 1 heterocycles. The van der Waals surface area contributed by atoms with E-state index in [4.69, 9.17) is 0 Å². The van der Waals surface area contributed by atoms with Crippen molar-refractivity contribution in [2.24, 2.45) is 0 Å². The third kappa shape index (κ3) is 4.81. The summed E-state index contributed by atoms with van der Waals surface area (Å²) in [5.41, 5.74) is 2.74. The third-order valence-electron chi connectivity index (χ3n) is 3.98. The second-order valence-electron chi connectivity index (χ2n) is 5.52. The van der Waals surface area contributed by atoms with E-state index in [0.717, 1.165) is 19.5 Å². The van der Waals surface area contributed by atoms with Crippen molar-refractivity contribution >= 4 is 0 Å². The molecule has 0 radical (unpaired) electrons. The van der Waals surface area contributed by atoms with E-state index in [9.17, 15) is 0 Å². The Hall–Kier alpha value is -1.12. The molecule has 0 amide bonds. The van der Waals surface area contributed by atoms with E-state index >= 15 is 0 Å². The molecule has 1 aromatic rings. The first-order chi connectivity index (χ1) is 9.28. The average Bonchev–Trinajstić information content (AvgIpc) is 2.47. The quantitative estimate of drug-likeness (QED) is 0.788. The van der Waals surface area contributed by atoms with Crippen LogP contribution in [0.1, 0.15) is 31.7 Å². The van der Waals surface area contributed by atoms with Crippen molar-refractivity contribution in [2.75, 3.05) is 19.6 Å². The summed E-state index contributed by atoms with van der Waals surface area (Å²) in [6.45, 7) is 10.7. The van der Waals surface area contributed by atoms with Crippen molar-refractivity contribution < 1.29 is 0 Å². The van der Waals surface area contributed by atoms with Crippen LogP contribution in [0.2, 0.25) is 0 Å². The minimum absolute atomic E-state index is 0.676. The molecule has 104 valence electrons. The van der Waals surface area contributed by atoms with Crippen molar-refractivity contribution in [2.45, 2.75) is 38.8 Å². The summed E-state index contributed by atoms with van der Waals surface area (Å²) < 4.78 is 0. The molecule has 2 heteroatoms. The summed E-state index contributed by atoms with van der Waals surface area (Å²) in [6, 6.07) is 11.4. The topological polar surface area (TPSA) is 15.3 Å². The summed E-state index contributed by atoms with van der Waals surface area (Å²) in [5.74, 6) is 0. The fraction of sp³-hybridized carbons (Fsp3) is 0.529. The number of piperidine rings is 1. The average molecular weight is 258 g/mol. The number of hydrogen-bond donors (Lipinski definition) is 1. The van der Waals surface area contributed by atoms with Gasteiger partial charge >= 0.3 is 0 Å². The van der Waals surface area contributed by atoms with Gasteiger partial charge in [-0.2, -0.15) is 0 Å². The summed E-state index contributed by atoms with van der Waals surface area (Å²) >= 11 is 0. The lowest BCUT2D eigenvalue weighted by atomic mass is 10.0. The molecule has 1 saturated heterocycles. The Kier molecular flexibility index (Phi) is 5.62. The molecule has 1 N–H and O–H groups in total. The van der Waals surface area contributed by atoms with Crippen molar-refractivity contribution in [3.05, 3.63) is 48.0 Å². The maximum atomic E-state index is 4.06. The van der Waals surface area contributed by atoms with Gasteiger partial charge in [0.1, 0.15) is 0 Å². The maximum absolute atomic E-state index is 4.06. The molecule has 2 rings (SSSR count). The molecule has 19 heavy (non-hydrogen) atoms. The number of hydrogen-bond acceptors (Lipinski definition) is 2. The van der Waals surface area contributed by atoms with Gasteiger partial charge in [0.05, 0.1) is 0 Å². The number of benzene rings is 1. The van der Waals surface area contributed by atoms with E-state index < -0.39 is 0 Å². The Labute approximate surface area is 117 Å². The lowest BCUT2D eigenvalue weighted by Crippen LogP contribution is -2.42. The highest BCUT2D eigenvalue weighted by Crippen LogP contribution is 2.14. The number of likely N-dealkylation sites (tertiary alicyclic amines) is 1. The number of nitrogens with zero attached hydrogens (tertiary/aromatic N) is 1. The lowest BCUT2D eigenvalue weighted by molar-refractivity contribution is 0.192. The van der Waals surface area contributed by atoms with Gasteiger partial charge < -0.3 is 5.32 Å². The molecule has 0 saturated carbocycles. The molecule has 1 aliphatic rings. The zero-order chi connectivity index (χ0) is 13.5. The van der Waals surface area contributed by atoms with E-state index in [-0.39, 0.29) is 0 Å². The highest BCUT2D eigenvalue weighted by Gasteiger charge is 2.18. The summed E-state index contributed by atoms with van der Waals surface area (Å²) in [7, 11) is 0. The predicted molar refractivity (Wildman–Crippen MR) is 82.2 cm³/mol. The zero-order valence-electron chi connectivity index (χ0n) is 12.1. The van der Waals surface area contributed by atoms with E-state index in [2.05, 4.69) is 54.1 Å². The Morgan fingerprint density at radius 3 is 2.58 bits per heavy atom. The highest BCUT2D eigenvalue weighted by molar-refractivity contribution is 5.14. The van der Waals surface area contributed by atoms with E-state index in [1.165, 1.54) is 37.1 Å². The molecule has 0 atom stereocenters. The molecule has 1 aromatic carbocycles. The van der Waals surface area contributed by atoms with Crippen LogP contribution < -0.4 is 5.32 Å². The van der Waals surface area contributed by atoms with Gasteiger partial charge in [0.15, 0.2) is 0 Å². The molecular formula is C17H26N2. The molecule has 0 aliphatic carbocycles. The predicted octanol–water partition coefficient (Wildman–Crippen LogP) is 3.21. The maximum Gasteiger partial charge on any atom is 0.0233 e. The number of nitrogens with one attached hydrogen (secondary N) is 1. The Morgan fingerprint density at radius 1 is 1.26 bits per heavy atom. The van der Waals surface area contributed by atoms with Crippen molar-refractivity contribution in [3.63, 3.8) is 0 Å². The van der Waals surface area contributed by atoms with Crippen LogP contribution in [0.15, 0.2) is 42.5 Å². The van der Waals surface area contributed by atoms with Crippen LogP contribution in [-0.2, 0) is 6.54 Å². The first-order valence-electron chi connectivity index (χ1n) is 7.44.